The molecule has 7 nitrogen and oxygen atoms in total. The predicted octanol–water partition coefficient (Wildman–Crippen LogP) is 2.54. The van der Waals surface area contributed by atoms with Gasteiger partial charge in [0.25, 0.3) is 0 Å². The first-order valence-electron chi connectivity index (χ1n) is 9.21. The van der Waals surface area contributed by atoms with Crippen molar-refractivity contribution in [3.05, 3.63) is 53.9 Å². The molecule has 1 aliphatic heterocycles. The highest BCUT2D eigenvalue weighted by molar-refractivity contribution is 5.82. The summed E-state index contributed by atoms with van der Waals surface area (Å²) < 4.78 is 5.50. The molecule has 1 saturated heterocycles. The average molecular weight is 365 g/mol. The van der Waals surface area contributed by atoms with Crippen LogP contribution in [0.4, 0.5) is 11.8 Å². The quantitative estimate of drug-likeness (QED) is 0.592. The number of nitrogens with zero attached hydrogens (tertiary/aromatic N) is 3. The van der Waals surface area contributed by atoms with Gasteiger partial charge in [-0.1, -0.05) is 18.2 Å². The highest BCUT2D eigenvalue weighted by atomic mass is 16.5. The van der Waals surface area contributed by atoms with E-state index in [1.54, 1.807) is 0 Å². The lowest BCUT2D eigenvalue weighted by atomic mass is 10.0. The lowest BCUT2D eigenvalue weighted by Crippen LogP contribution is -2.13. The van der Waals surface area contributed by atoms with E-state index in [2.05, 4.69) is 31.7 Å². The standard InChI is InChI=1S/C20H23N5O2/c26-9-8-22-20-24-18(15-6-10-27-13-15)11-19(25-20)23-12-14-5-7-21-17-4-2-1-3-16(14)17/h1-5,7,11,15,26H,6,8-10,12-13H2,(H2,22,23,24,25)/t15-/m1/s1. The van der Waals surface area contributed by atoms with E-state index in [1.165, 1.54) is 0 Å². The van der Waals surface area contributed by atoms with Gasteiger partial charge in [0.15, 0.2) is 0 Å². The van der Waals surface area contributed by atoms with Crippen molar-refractivity contribution in [2.75, 3.05) is 37.0 Å². The van der Waals surface area contributed by atoms with Crippen molar-refractivity contribution >= 4 is 22.7 Å². The summed E-state index contributed by atoms with van der Waals surface area (Å²) in [5, 5.41) is 16.7. The third-order valence-electron chi connectivity index (χ3n) is 4.69. The molecule has 0 unspecified atom stereocenters. The first-order chi connectivity index (χ1) is 13.3. The van der Waals surface area contributed by atoms with Gasteiger partial charge in [-0.15, -0.1) is 0 Å². The fourth-order valence-electron chi connectivity index (χ4n) is 3.28. The number of aliphatic hydroxyl groups is 1. The molecule has 1 aliphatic rings. The van der Waals surface area contributed by atoms with E-state index in [0.717, 1.165) is 41.0 Å². The maximum Gasteiger partial charge on any atom is 0.224 e. The largest absolute Gasteiger partial charge is 0.395 e. The first-order valence-corrected chi connectivity index (χ1v) is 9.21. The third-order valence-corrected chi connectivity index (χ3v) is 4.69. The van der Waals surface area contributed by atoms with Crippen LogP contribution in [0.25, 0.3) is 10.9 Å². The number of nitrogens with one attached hydrogen (secondary N) is 2. The second-order valence-electron chi connectivity index (χ2n) is 6.55. The maximum absolute atomic E-state index is 9.07. The van der Waals surface area contributed by atoms with Gasteiger partial charge in [-0.05, 0) is 24.1 Å². The monoisotopic (exact) mass is 365 g/mol. The molecule has 4 rings (SSSR count). The molecule has 3 heterocycles. The van der Waals surface area contributed by atoms with Crippen LogP contribution in [0.3, 0.4) is 0 Å². The van der Waals surface area contributed by atoms with Gasteiger partial charge < -0.3 is 20.5 Å². The molecule has 1 aromatic carbocycles. The summed E-state index contributed by atoms with van der Waals surface area (Å²) in [5.74, 6) is 1.56. The topological polar surface area (TPSA) is 92.2 Å². The third kappa shape index (κ3) is 4.15. The van der Waals surface area contributed by atoms with Crippen LogP contribution >= 0.6 is 0 Å². The number of aliphatic hydroxyl groups excluding tert-OH is 1. The fraction of sp³-hybridized carbons (Fsp3) is 0.350. The minimum atomic E-state index is 0.0336. The number of fused-ring (bicyclic) bond motifs is 1. The molecular weight excluding hydrogens is 342 g/mol. The van der Waals surface area contributed by atoms with E-state index in [4.69, 9.17) is 9.84 Å². The van der Waals surface area contributed by atoms with Crippen LogP contribution in [0, 0.1) is 0 Å². The summed E-state index contributed by atoms with van der Waals surface area (Å²) in [4.78, 5) is 13.5. The van der Waals surface area contributed by atoms with Gasteiger partial charge in [0.05, 0.1) is 24.4 Å². The second-order valence-corrected chi connectivity index (χ2v) is 6.55. The van der Waals surface area contributed by atoms with Crippen LogP contribution in [0.15, 0.2) is 42.6 Å². The molecule has 3 N–H and O–H groups in total. The van der Waals surface area contributed by atoms with Crippen LogP contribution in [0.2, 0.25) is 0 Å². The Kier molecular flexibility index (Phi) is 5.41. The molecule has 0 amide bonds. The molecule has 0 radical (unpaired) electrons. The number of hydrogen-bond donors (Lipinski definition) is 3. The Hall–Kier alpha value is -2.77. The summed E-state index contributed by atoms with van der Waals surface area (Å²) >= 11 is 0. The zero-order valence-corrected chi connectivity index (χ0v) is 15.1. The zero-order valence-electron chi connectivity index (χ0n) is 15.1. The first kappa shape index (κ1) is 17.6. The Bertz CT molecular complexity index is 907. The van der Waals surface area contributed by atoms with Gasteiger partial charge in [-0.3, -0.25) is 4.98 Å². The van der Waals surface area contributed by atoms with E-state index in [9.17, 15) is 0 Å². The van der Waals surface area contributed by atoms with Crippen molar-refractivity contribution in [2.24, 2.45) is 0 Å². The Morgan fingerprint density at radius 1 is 1.15 bits per heavy atom. The number of rotatable bonds is 7. The van der Waals surface area contributed by atoms with Crippen molar-refractivity contribution in [3.8, 4) is 0 Å². The highest BCUT2D eigenvalue weighted by Gasteiger charge is 2.20. The van der Waals surface area contributed by atoms with Gasteiger partial charge in [0, 0.05) is 43.3 Å². The summed E-state index contributed by atoms with van der Waals surface area (Å²) in [5.41, 5.74) is 3.11. The minimum absolute atomic E-state index is 0.0336. The van der Waals surface area contributed by atoms with Gasteiger partial charge in [0.1, 0.15) is 5.82 Å². The summed E-state index contributed by atoms with van der Waals surface area (Å²) in [6, 6.07) is 12.1. The second kappa shape index (κ2) is 8.28. The number of ether oxygens (including phenoxy) is 1. The van der Waals surface area contributed by atoms with E-state index < -0.39 is 0 Å². The molecule has 7 heteroatoms. The molecule has 0 spiro atoms. The number of anilines is 2. The molecule has 2 aromatic heterocycles. The number of pyridine rings is 1. The molecule has 3 aromatic rings. The van der Waals surface area contributed by atoms with Crippen molar-refractivity contribution in [3.63, 3.8) is 0 Å². The SMILES string of the molecule is OCCNc1nc(NCc2ccnc3ccccc23)cc([C@@H]2CCOC2)n1. The fourth-order valence-corrected chi connectivity index (χ4v) is 3.28. The summed E-state index contributed by atoms with van der Waals surface area (Å²) in [6.07, 6.45) is 2.79. The van der Waals surface area contributed by atoms with E-state index in [1.807, 2.05) is 36.5 Å². The van der Waals surface area contributed by atoms with Gasteiger partial charge in [-0.2, -0.15) is 4.98 Å². The molecule has 1 fully saturated rings. The number of benzene rings is 1. The lowest BCUT2D eigenvalue weighted by molar-refractivity contribution is 0.193. The van der Waals surface area contributed by atoms with Crippen molar-refractivity contribution in [1.29, 1.82) is 0 Å². The lowest BCUT2D eigenvalue weighted by Gasteiger charge is -2.14. The van der Waals surface area contributed by atoms with Crippen LogP contribution in [0.1, 0.15) is 23.6 Å². The highest BCUT2D eigenvalue weighted by Crippen LogP contribution is 2.26. The normalized spacial score (nSPS) is 16.6. The average Bonchev–Trinajstić information content (AvgIpc) is 3.25. The van der Waals surface area contributed by atoms with Crippen LogP contribution in [-0.4, -0.2) is 46.4 Å². The van der Waals surface area contributed by atoms with Gasteiger partial charge >= 0.3 is 0 Å². The molecule has 140 valence electrons. The number of hydrogen-bond acceptors (Lipinski definition) is 7. The smallest absolute Gasteiger partial charge is 0.224 e. The van der Waals surface area contributed by atoms with Crippen LogP contribution in [0.5, 0.6) is 0 Å². The Morgan fingerprint density at radius 3 is 2.93 bits per heavy atom. The predicted molar refractivity (Wildman–Crippen MR) is 105 cm³/mol. The Morgan fingerprint density at radius 2 is 2.07 bits per heavy atom. The van der Waals surface area contributed by atoms with Crippen molar-refractivity contribution in [1.82, 2.24) is 15.0 Å². The van der Waals surface area contributed by atoms with E-state index in [-0.39, 0.29) is 12.5 Å². The van der Waals surface area contributed by atoms with E-state index in [0.29, 0.717) is 25.6 Å². The van der Waals surface area contributed by atoms with E-state index >= 15 is 0 Å². The van der Waals surface area contributed by atoms with Crippen molar-refractivity contribution < 1.29 is 9.84 Å². The Labute approximate surface area is 157 Å². The summed E-state index contributed by atoms with van der Waals surface area (Å²) in [6.45, 7) is 2.54. The number of para-hydroxylation sites is 1. The van der Waals surface area contributed by atoms with Gasteiger partial charge in [0.2, 0.25) is 5.95 Å². The molecule has 0 aliphatic carbocycles. The van der Waals surface area contributed by atoms with Crippen molar-refractivity contribution in [2.45, 2.75) is 18.9 Å². The minimum Gasteiger partial charge on any atom is -0.395 e. The molecular formula is C20H23N5O2. The molecule has 0 bridgehead atoms. The van der Waals surface area contributed by atoms with Gasteiger partial charge in [-0.25, -0.2) is 4.98 Å². The summed E-state index contributed by atoms with van der Waals surface area (Å²) in [7, 11) is 0. The van der Waals surface area contributed by atoms with Crippen LogP contribution in [-0.2, 0) is 11.3 Å². The maximum atomic E-state index is 9.07. The molecule has 0 saturated carbocycles. The zero-order chi connectivity index (χ0) is 18.5. The Balaban J connectivity index is 1.57. The molecule has 1 atom stereocenters. The molecule has 27 heavy (non-hydrogen) atoms. The van der Waals surface area contributed by atoms with Crippen LogP contribution < -0.4 is 10.6 Å². The number of aromatic nitrogens is 3.